The number of hydrogen-bond donors (Lipinski definition) is 1. The molecule has 1 unspecified atom stereocenters. The number of amides is 1. The van der Waals surface area contributed by atoms with Gasteiger partial charge in [-0.15, -0.1) is 23.7 Å². The fourth-order valence-electron chi connectivity index (χ4n) is 2.02. The molecule has 0 spiro atoms. The highest BCUT2D eigenvalue weighted by molar-refractivity contribution is 7.09. The number of carbonyl (C=O) groups is 1. The molecule has 1 saturated heterocycles. The molecule has 1 aromatic heterocycles. The maximum absolute atomic E-state index is 11.9. The van der Waals surface area contributed by atoms with Gasteiger partial charge in [-0.2, -0.15) is 0 Å². The van der Waals surface area contributed by atoms with Crippen molar-refractivity contribution < 1.29 is 4.79 Å². The van der Waals surface area contributed by atoms with E-state index in [2.05, 4.69) is 11.4 Å². The summed E-state index contributed by atoms with van der Waals surface area (Å²) in [6, 6.07) is 4.50. The SMILES string of the molecule is CN(Cc1cccs1)C(=O)CC1CCCN1.Cl. The first kappa shape index (κ1) is 14.5. The third kappa shape index (κ3) is 4.30. The first-order valence-corrected chi connectivity index (χ1v) is 6.63. The van der Waals surface area contributed by atoms with E-state index in [1.54, 1.807) is 11.3 Å². The predicted octanol–water partition coefficient (Wildman–Crippen LogP) is 2.27. The van der Waals surface area contributed by atoms with Crippen LogP contribution in [0.2, 0.25) is 0 Å². The van der Waals surface area contributed by atoms with Crippen molar-refractivity contribution in [3.8, 4) is 0 Å². The lowest BCUT2D eigenvalue weighted by molar-refractivity contribution is -0.130. The fourth-order valence-corrected chi connectivity index (χ4v) is 2.78. The Morgan fingerprint density at radius 3 is 3.06 bits per heavy atom. The van der Waals surface area contributed by atoms with Crippen molar-refractivity contribution in [3.63, 3.8) is 0 Å². The lowest BCUT2D eigenvalue weighted by atomic mass is 10.1. The van der Waals surface area contributed by atoms with Crippen LogP contribution in [0.1, 0.15) is 24.1 Å². The highest BCUT2D eigenvalue weighted by atomic mass is 35.5. The van der Waals surface area contributed by atoms with Crippen LogP contribution in [0, 0.1) is 0 Å². The Hall–Kier alpha value is -0.580. The maximum atomic E-state index is 11.9. The summed E-state index contributed by atoms with van der Waals surface area (Å²) >= 11 is 1.70. The van der Waals surface area contributed by atoms with Gasteiger partial charge in [-0.05, 0) is 30.8 Å². The minimum Gasteiger partial charge on any atom is -0.341 e. The molecule has 1 aliphatic rings. The van der Waals surface area contributed by atoms with Gasteiger partial charge >= 0.3 is 0 Å². The summed E-state index contributed by atoms with van der Waals surface area (Å²) in [5.41, 5.74) is 0. The van der Waals surface area contributed by atoms with E-state index >= 15 is 0 Å². The zero-order valence-electron chi connectivity index (χ0n) is 10.0. The van der Waals surface area contributed by atoms with E-state index in [4.69, 9.17) is 0 Å². The summed E-state index contributed by atoms with van der Waals surface area (Å²) in [5.74, 6) is 0.243. The van der Waals surface area contributed by atoms with Crippen LogP contribution in [-0.2, 0) is 11.3 Å². The van der Waals surface area contributed by atoms with Gasteiger partial charge in [0.05, 0.1) is 6.54 Å². The number of nitrogens with zero attached hydrogens (tertiary/aromatic N) is 1. The van der Waals surface area contributed by atoms with Crippen molar-refractivity contribution in [2.45, 2.75) is 31.8 Å². The van der Waals surface area contributed by atoms with Crippen molar-refractivity contribution in [2.75, 3.05) is 13.6 Å². The average Bonchev–Trinajstić information content (AvgIpc) is 2.90. The van der Waals surface area contributed by atoms with Gasteiger partial charge in [0.15, 0.2) is 0 Å². The Labute approximate surface area is 113 Å². The molecule has 96 valence electrons. The molecule has 2 rings (SSSR count). The predicted molar refractivity (Wildman–Crippen MR) is 73.7 cm³/mol. The highest BCUT2D eigenvalue weighted by Gasteiger charge is 2.19. The van der Waals surface area contributed by atoms with Crippen molar-refractivity contribution in [1.29, 1.82) is 0 Å². The van der Waals surface area contributed by atoms with E-state index in [1.807, 2.05) is 23.4 Å². The molecule has 1 N–H and O–H groups in total. The van der Waals surface area contributed by atoms with Gasteiger partial charge in [-0.1, -0.05) is 6.07 Å². The molecule has 0 aliphatic carbocycles. The van der Waals surface area contributed by atoms with Crippen LogP contribution in [0.15, 0.2) is 17.5 Å². The number of halogens is 1. The van der Waals surface area contributed by atoms with Gasteiger partial charge in [0, 0.05) is 24.4 Å². The lowest BCUT2D eigenvalue weighted by Gasteiger charge is -2.18. The molecule has 0 bridgehead atoms. The second-order valence-electron chi connectivity index (χ2n) is 4.33. The summed E-state index contributed by atoms with van der Waals surface area (Å²) < 4.78 is 0. The monoisotopic (exact) mass is 274 g/mol. The Balaban J connectivity index is 0.00000144. The fraction of sp³-hybridized carbons (Fsp3) is 0.583. The molecule has 0 radical (unpaired) electrons. The summed E-state index contributed by atoms with van der Waals surface area (Å²) in [5, 5.41) is 5.40. The number of carbonyl (C=O) groups excluding carboxylic acids is 1. The Morgan fingerprint density at radius 2 is 2.47 bits per heavy atom. The first-order valence-electron chi connectivity index (χ1n) is 5.75. The van der Waals surface area contributed by atoms with E-state index in [1.165, 1.54) is 11.3 Å². The third-order valence-corrected chi connectivity index (χ3v) is 3.84. The second kappa shape index (κ2) is 6.99. The summed E-state index contributed by atoms with van der Waals surface area (Å²) in [6.07, 6.45) is 2.98. The van der Waals surface area contributed by atoms with Gasteiger partial charge in [0.1, 0.15) is 0 Å². The number of hydrogen-bond acceptors (Lipinski definition) is 3. The van der Waals surface area contributed by atoms with Crippen LogP contribution in [0.5, 0.6) is 0 Å². The zero-order valence-corrected chi connectivity index (χ0v) is 11.6. The molecule has 0 aromatic carbocycles. The van der Waals surface area contributed by atoms with Crippen molar-refractivity contribution in [3.05, 3.63) is 22.4 Å². The first-order chi connectivity index (χ1) is 7.75. The molecule has 2 heterocycles. The minimum atomic E-state index is 0. The van der Waals surface area contributed by atoms with Crippen LogP contribution >= 0.6 is 23.7 Å². The van der Waals surface area contributed by atoms with Crippen molar-refractivity contribution in [1.82, 2.24) is 10.2 Å². The third-order valence-electron chi connectivity index (χ3n) is 2.98. The van der Waals surface area contributed by atoms with Crippen LogP contribution in [0.25, 0.3) is 0 Å². The molecule has 1 atom stereocenters. The maximum Gasteiger partial charge on any atom is 0.224 e. The molecule has 1 aromatic rings. The molecular formula is C12H19ClN2OS. The Morgan fingerprint density at radius 1 is 1.65 bits per heavy atom. The van der Waals surface area contributed by atoms with Crippen LogP contribution < -0.4 is 5.32 Å². The molecule has 5 heteroatoms. The van der Waals surface area contributed by atoms with Gasteiger partial charge in [-0.3, -0.25) is 4.79 Å². The van der Waals surface area contributed by atoms with Crippen LogP contribution in [0.4, 0.5) is 0 Å². The van der Waals surface area contributed by atoms with Gasteiger partial charge in [-0.25, -0.2) is 0 Å². The minimum absolute atomic E-state index is 0. The van der Waals surface area contributed by atoms with Crippen molar-refractivity contribution in [2.24, 2.45) is 0 Å². The number of nitrogens with one attached hydrogen (secondary N) is 1. The molecular weight excluding hydrogens is 256 g/mol. The largest absolute Gasteiger partial charge is 0.341 e. The van der Waals surface area contributed by atoms with E-state index in [0.29, 0.717) is 12.5 Å². The summed E-state index contributed by atoms with van der Waals surface area (Å²) in [7, 11) is 1.89. The quantitative estimate of drug-likeness (QED) is 0.914. The van der Waals surface area contributed by atoms with Crippen LogP contribution in [0.3, 0.4) is 0 Å². The topological polar surface area (TPSA) is 32.3 Å². The Bertz CT molecular complexity index is 336. The van der Waals surface area contributed by atoms with Crippen LogP contribution in [-0.4, -0.2) is 30.4 Å². The smallest absolute Gasteiger partial charge is 0.224 e. The normalized spacial score (nSPS) is 18.8. The van der Waals surface area contributed by atoms with E-state index < -0.39 is 0 Å². The average molecular weight is 275 g/mol. The zero-order chi connectivity index (χ0) is 11.4. The second-order valence-corrected chi connectivity index (χ2v) is 5.36. The molecule has 1 fully saturated rings. The molecule has 3 nitrogen and oxygen atoms in total. The van der Waals surface area contributed by atoms with Gasteiger partial charge in [0.2, 0.25) is 5.91 Å². The van der Waals surface area contributed by atoms with Crippen molar-refractivity contribution >= 4 is 29.7 Å². The molecule has 1 amide bonds. The number of rotatable bonds is 4. The van der Waals surface area contributed by atoms with Gasteiger partial charge < -0.3 is 10.2 Å². The molecule has 17 heavy (non-hydrogen) atoms. The standard InChI is InChI=1S/C12H18N2OS.ClH/c1-14(9-11-5-3-7-16-11)12(15)8-10-4-2-6-13-10;/h3,5,7,10,13H,2,4,6,8-9H2,1H3;1H. The highest BCUT2D eigenvalue weighted by Crippen LogP contribution is 2.14. The molecule has 0 saturated carbocycles. The van der Waals surface area contributed by atoms with E-state index in [9.17, 15) is 4.79 Å². The van der Waals surface area contributed by atoms with Gasteiger partial charge in [0.25, 0.3) is 0 Å². The van der Waals surface area contributed by atoms with E-state index in [-0.39, 0.29) is 18.3 Å². The van der Waals surface area contributed by atoms with E-state index in [0.717, 1.165) is 19.5 Å². The summed E-state index contributed by atoms with van der Waals surface area (Å²) in [4.78, 5) is 15.0. The summed E-state index contributed by atoms with van der Waals surface area (Å²) in [6.45, 7) is 1.80. The Kier molecular flexibility index (Phi) is 5.95. The lowest BCUT2D eigenvalue weighted by Crippen LogP contribution is -2.32. The number of thiophene rings is 1. The molecule has 1 aliphatic heterocycles.